The lowest BCUT2D eigenvalue weighted by Crippen LogP contribution is -2.18. The van der Waals surface area contributed by atoms with Gasteiger partial charge in [-0.25, -0.2) is 4.68 Å². The summed E-state index contributed by atoms with van der Waals surface area (Å²) in [5.74, 6) is -0.0638. The van der Waals surface area contributed by atoms with Gasteiger partial charge in [0.1, 0.15) is 5.69 Å². The Hall–Kier alpha value is -2.68. The van der Waals surface area contributed by atoms with Gasteiger partial charge in [-0.15, -0.1) is 0 Å². The van der Waals surface area contributed by atoms with Crippen LogP contribution in [0.25, 0.3) is 5.69 Å². The lowest BCUT2D eigenvalue weighted by Gasteiger charge is -2.13. The number of aromatic nitrogens is 2. The van der Waals surface area contributed by atoms with Crippen molar-refractivity contribution in [3.05, 3.63) is 94.4 Å². The van der Waals surface area contributed by atoms with Gasteiger partial charge >= 0.3 is 0 Å². The van der Waals surface area contributed by atoms with E-state index >= 15 is 0 Å². The number of rotatable bonds is 3. The largest absolute Gasteiger partial charge is 0.288 e. The topological polar surface area (TPSA) is 34.9 Å². The summed E-state index contributed by atoms with van der Waals surface area (Å²) < 4.78 is 1.74. The Balaban J connectivity index is 2.05. The number of nitrogens with zero attached hydrogens (tertiary/aromatic N) is 2. The first kappa shape index (κ1) is 13.3. The van der Waals surface area contributed by atoms with Crippen LogP contribution in [0.1, 0.15) is 24.1 Å². The van der Waals surface area contributed by atoms with Crippen LogP contribution in [0.5, 0.6) is 0 Å². The summed E-state index contributed by atoms with van der Waals surface area (Å²) in [5, 5.41) is 4.51. The van der Waals surface area contributed by atoms with Crippen molar-refractivity contribution >= 4 is 0 Å². The van der Waals surface area contributed by atoms with Crippen LogP contribution in [-0.4, -0.2) is 9.78 Å². The minimum absolute atomic E-state index is 0.0430. The van der Waals surface area contributed by atoms with Gasteiger partial charge in [0.25, 0.3) is 0 Å². The first-order valence-corrected chi connectivity index (χ1v) is 6.87. The Kier molecular flexibility index (Phi) is 3.65. The van der Waals surface area contributed by atoms with Gasteiger partial charge < -0.3 is 0 Å². The molecule has 1 unspecified atom stereocenters. The van der Waals surface area contributed by atoms with Gasteiger partial charge in [-0.3, -0.25) is 4.79 Å². The van der Waals surface area contributed by atoms with Crippen molar-refractivity contribution in [3.8, 4) is 5.69 Å². The van der Waals surface area contributed by atoms with E-state index in [4.69, 9.17) is 0 Å². The quantitative estimate of drug-likeness (QED) is 0.736. The standard InChI is InChI=1S/C18H15N2O/c1-14(15-8-4-2-5-9-15)18-17(21)12-13-20(19-18)16-10-6-3-7-11-16/h2-4,6-14H,1H3. The normalized spacial score (nSPS) is 12.0. The van der Waals surface area contributed by atoms with Gasteiger partial charge in [-0.05, 0) is 23.8 Å². The highest BCUT2D eigenvalue weighted by molar-refractivity contribution is 5.32. The van der Waals surface area contributed by atoms with Crippen LogP contribution >= 0.6 is 0 Å². The number of hydrogen-bond acceptors (Lipinski definition) is 2. The average Bonchev–Trinajstić information content (AvgIpc) is 2.56. The van der Waals surface area contributed by atoms with Crippen molar-refractivity contribution in [3.63, 3.8) is 0 Å². The van der Waals surface area contributed by atoms with Crippen LogP contribution < -0.4 is 5.43 Å². The van der Waals surface area contributed by atoms with Crippen LogP contribution in [0.2, 0.25) is 0 Å². The maximum absolute atomic E-state index is 12.1. The minimum atomic E-state index is -0.0638. The molecule has 3 rings (SSSR count). The lowest BCUT2D eigenvalue weighted by molar-refractivity contribution is 0.741. The third kappa shape index (κ3) is 2.77. The van der Waals surface area contributed by atoms with E-state index in [0.29, 0.717) is 5.69 Å². The molecule has 1 radical (unpaired) electrons. The third-order valence-electron chi connectivity index (χ3n) is 3.50. The van der Waals surface area contributed by atoms with Crippen molar-refractivity contribution in [2.45, 2.75) is 12.8 Å². The molecule has 0 spiro atoms. The maximum Gasteiger partial charge on any atom is 0.203 e. The fourth-order valence-corrected chi connectivity index (χ4v) is 2.28. The molecular formula is C18H15N2O. The van der Waals surface area contributed by atoms with E-state index in [-0.39, 0.29) is 11.3 Å². The van der Waals surface area contributed by atoms with E-state index in [1.165, 1.54) is 0 Å². The molecule has 3 nitrogen and oxygen atoms in total. The average molecular weight is 275 g/mol. The monoisotopic (exact) mass is 275 g/mol. The molecular weight excluding hydrogens is 260 g/mol. The Morgan fingerprint density at radius 1 is 1.10 bits per heavy atom. The first-order chi connectivity index (χ1) is 10.3. The van der Waals surface area contributed by atoms with Gasteiger partial charge in [0, 0.05) is 18.2 Å². The molecule has 1 heterocycles. The predicted octanol–water partition coefficient (Wildman–Crippen LogP) is 3.18. The van der Waals surface area contributed by atoms with E-state index in [0.717, 1.165) is 11.3 Å². The highest BCUT2D eigenvalue weighted by Gasteiger charge is 2.14. The number of benzene rings is 2. The molecule has 103 valence electrons. The van der Waals surface area contributed by atoms with Gasteiger partial charge in [0.2, 0.25) is 5.43 Å². The Labute approximate surface area is 123 Å². The third-order valence-corrected chi connectivity index (χ3v) is 3.50. The Morgan fingerprint density at radius 3 is 2.62 bits per heavy atom. The van der Waals surface area contributed by atoms with Crippen LogP contribution in [-0.2, 0) is 0 Å². The van der Waals surface area contributed by atoms with Crippen LogP contribution in [0.3, 0.4) is 0 Å². The Morgan fingerprint density at radius 2 is 1.90 bits per heavy atom. The second-order valence-corrected chi connectivity index (χ2v) is 4.90. The SMILES string of the molecule is CC(c1c[c]ccc1)c1nn(-c2ccccc2)ccc1=O. The fourth-order valence-electron chi connectivity index (χ4n) is 2.28. The highest BCUT2D eigenvalue weighted by Crippen LogP contribution is 2.19. The van der Waals surface area contributed by atoms with Crippen molar-refractivity contribution < 1.29 is 0 Å². The molecule has 2 aromatic carbocycles. The zero-order valence-electron chi connectivity index (χ0n) is 11.7. The molecule has 0 aliphatic heterocycles. The smallest absolute Gasteiger partial charge is 0.203 e. The molecule has 0 aliphatic rings. The highest BCUT2D eigenvalue weighted by atomic mass is 16.1. The molecule has 0 aliphatic carbocycles. The molecule has 0 saturated heterocycles. The molecule has 3 aromatic rings. The molecule has 0 saturated carbocycles. The molecule has 1 atom stereocenters. The van der Waals surface area contributed by atoms with Crippen LogP contribution in [0, 0.1) is 6.07 Å². The predicted molar refractivity (Wildman–Crippen MR) is 82.6 cm³/mol. The summed E-state index contributed by atoms with van der Waals surface area (Å²) in [6, 6.07) is 22.0. The van der Waals surface area contributed by atoms with E-state index in [2.05, 4.69) is 11.2 Å². The van der Waals surface area contributed by atoms with Crippen LogP contribution in [0.4, 0.5) is 0 Å². The molecule has 21 heavy (non-hydrogen) atoms. The summed E-state index contributed by atoms with van der Waals surface area (Å²) >= 11 is 0. The van der Waals surface area contributed by atoms with Gasteiger partial charge in [0.15, 0.2) is 0 Å². The van der Waals surface area contributed by atoms with E-state index < -0.39 is 0 Å². The van der Waals surface area contributed by atoms with Crippen molar-refractivity contribution in [1.82, 2.24) is 9.78 Å². The summed E-state index contributed by atoms with van der Waals surface area (Å²) in [6.45, 7) is 1.99. The summed E-state index contributed by atoms with van der Waals surface area (Å²) in [7, 11) is 0. The zero-order valence-corrected chi connectivity index (χ0v) is 11.7. The van der Waals surface area contributed by atoms with Crippen LogP contribution in [0.15, 0.2) is 71.7 Å². The van der Waals surface area contributed by atoms with E-state index in [1.54, 1.807) is 16.9 Å². The second kappa shape index (κ2) is 5.75. The molecule has 3 heteroatoms. The lowest BCUT2D eigenvalue weighted by atomic mass is 9.97. The van der Waals surface area contributed by atoms with Gasteiger partial charge in [-0.2, -0.15) is 5.10 Å². The fraction of sp³-hybridized carbons (Fsp3) is 0.111. The molecule has 0 N–H and O–H groups in total. The van der Waals surface area contributed by atoms with E-state index in [1.807, 2.05) is 61.5 Å². The number of para-hydroxylation sites is 1. The molecule has 1 aromatic heterocycles. The summed E-state index contributed by atoms with van der Waals surface area (Å²) in [4.78, 5) is 12.1. The second-order valence-electron chi connectivity index (χ2n) is 4.90. The zero-order chi connectivity index (χ0) is 14.7. The molecule has 0 bridgehead atoms. The van der Waals surface area contributed by atoms with Gasteiger partial charge in [-0.1, -0.05) is 49.4 Å². The van der Waals surface area contributed by atoms with Crippen molar-refractivity contribution in [1.29, 1.82) is 0 Å². The summed E-state index contributed by atoms with van der Waals surface area (Å²) in [5.41, 5.74) is 2.47. The van der Waals surface area contributed by atoms with E-state index in [9.17, 15) is 4.79 Å². The minimum Gasteiger partial charge on any atom is -0.288 e. The summed E-state index contributed by atoms with van der Waals surface area (Å²) in [6.07, 6.45) is 1.70. The van der Waals surface area contributed by atoms with Crippen molar-refractivity contribution in [2.24, 2.45) is 0 Å². The Bertz CT molecular complexity index is 779. The van der Waals surface area contributed by atoms with Gasteiger partial charge in [0.05, 0.1) is 5.69 Å². The maximum atomic E-state index is 12.1. The molecule has 0 amide bonds. The first-order valence-electron chi connectivity index (χ1n) is 6.87. The number of hydrogen-bond donors (Lipinski definition) is 0. The van der Waals surface area contributed by atoms with Crippen molar-refractivity contribution in [2.75, 3.05) is 0 Å². The molecule has 0 fully saturated rings.